The highest BCUT2D eigenvalue weighted by Gasteiger charge is 2.24. The van der Waals surface area contributed by atoms with E-state index in [2.05, 4.69) is 11.1 Å². The lowest BCUT2D eigenvalue weighted by atomic mass is 9.97. The molecule has 0 saturated carbocycles. The lowest BCUT2D eigenvalue weighted by molar-refractivity contribution is 0.528. The van der Waals surface area contributed by atoms with Gasteiger partial charge in [-0.2, -0.15) is 4.99 Å². The third-order valence-electron chi connectivity index (χ3n) is 2.92. The first-order chi connectivity index (χ1) is 7.13. The lowest BCUT2D eigenvalue weighted by Gasteiger charge is -2.14. The fourth-order valence-electron chi connectivity index (χ4n) is 1.96. The summed E-state index contributed by atoms with van der Waals surface area (Å²) in [6, 6.07) is 2.22. The van der Waals surface area contributed by atoms with Crippen molar-refractivity contribution in [2.75, 3.05) is 0 Å². The van der Waals surface area contributed by atoms with Crippen LogP contribution in [0.25, 0.3) is 0 Å². The number of hydrogen-bond acceptors (Lipinski definition) is 3. The van der Waals surface area contributed by atoms with Crippen LogP contribution in [0.1, 0.15) is 42.0 Å². The maximum atomic E-state index is 10.3. The first kappa shape index (κ1) is 10.6. The third kappa shape index (κ3) is 2.04. The largest absolute Gasteiger partial charge is 0.235 e. The van der Waals surface area contributed by atoms with Gasteiger partial charge in [0.25, 0.3) is 0 Å². The monoisotopic (exact) mass is 221 g/mol. The fraction of sp³-hybridized carbons (Fsp3) is 0.583. The van der Waals surface area contributed by atoms with Crippen LogP contribution in [0.15, 0.2) is 11.1 Å². The molecule has 1 heterocycles. The van der Waals surface area contributed by atoms with E-state index in [9.17, 15) is 4.79 Å². The molecule has 0 amide bonds. The Morgan fingerprint density at radius 3 is 2.80 bits per heavy atom. The van der Waals surface area contributed by atoms with Gasteiger partial charge in [0.1, 0.15) is 5.54 Å². The Labute approximate surface area is 94.0 Å². The zero-order chi connectivity index (χ0) is 10.9. The van der Waals surface area contributed by atoms with Crippen molar-refractivity contribution in [1.29, 1.82) is 0 Å². The number of hydrogen-bond donors (Lipinski definition) is 0. The molecule has 1 aromatic heterocycles. The molecular weight excluding hydrogens is 206 g/mol. The van der Waals surface area contributed by atoms with Crippen molar-refractivity contribution < 1.29 is 4.79 Å². The molecule has 2 nitrogen and oxygen atoms in total. The Balaban J connectivity index is 2.37. The summed E-state index contributed by atoms with van der Waals surface area (Å²) in [5.74, 6) is 0. The SMILES string of the molecule is CC(C)(N=C=O)c1cc2c(s1)CCCC2. The predicted molar refractivity (Wildman–Crippen MR) is 62.1 cm³/mol. The van der Waals surface area contributed by atoms with Crippen molar-refractivity contribution in [3.63, 3.8) is 0 Å². The number of aryl methyl sites for hydroxylation is 2. The molecule has 1 aliphatic carbocycles. The van der Waals surface area contributed by atoms with Crippen molar-refractivity contribution >= 4 is 17.4 Å². The summed E-state index contributed by atoms with van der Waals surface area (Å²) in [4.78, 5) is 16.9. The van der Waals surface area contributed by atoms with Crippen LogP contribution in [-0.2, 0) is 23.2 Å². The van der Waals surface area contributed by atoms with Crippen molar-refractivity contribution in [1.82, 2.24) is 0 Å². The molecule has 0 atom stereocenters. The van der Waals surface area contributed by atoms with Gasteiger partial charge in [-0.05, 0) is 51.2 Å². The summed E-state index contributed by atoms with van der Waals surface area (Å²) in [6.07, 6.45) is 6.64. The van der Waals surface area contributed by atoms with E-state index in [1.165, 1.54) is 41.0 Å². The van der Waals surface area contributed by atoms with E-state index in [-0.39, 0.29) is 0 Å². The van der Waals surface area contributed by atoms with Crippen LogP contribution in [0.5, 0.6) is 0 Å². The second-order valence-electron chi connectivity index (χ2n) is 4.53. The zero-order valence-electron chi connectivity index (χ0n) is 9.17. The molecule has 0 bridgehead atoms. The number of aliphatic imine (C=N–C) groups is 1. The van der Waals surface area contributed by atoms with E-state index in [1.807, 2.05) is 25.2 Å². The van der Waals surface area contributed by atoms with Gasteiger partial charge in [-0.1, -0.05) is 0 Å². The molecule has 2 rings (SSSR count). The third-order valence-corrected chi connectivity index (χ3v) is 4.47. The van der Waals surface area contributed by atoms with E-state index in [4.69, 9.17) is 0 Å². The first-order valence-electron chi connectivity index (χ1n) is 5.34. The van der Waals surface area contributed by atoms with Crippen LogP contribution in [-0.4, -0.2) is 6.08 Å². The fourth-order valence-corrected chi connectivity index (χ4v) is 3.26. The highest BCUT2D eigenvalue weighted by molar-refractivity contribution is 7.12. The quantitative estimate of drug-likeness (QED) is 0.557. The van der Waals surface area contributed by atoms with Crippen LogP contribution in [0.4, 0.5) is 0 Å². The lowest BCUT2D eigenvalue weighted by Crippen LogP contribution is -2.10. The molecule has 15 heavy (non-hydrogen) atoms. The van der Waals surface area contributed by atoms with Gasteiger partial charge in [0.15, 0.2) is 0 Å². The second kappa shape index (κ2) is 3.92. The van der Waals surface area contributed by atoms with E-state index in [0.29, 0.717) is 0 Å². The average molecular weight is 221 g/mol. The molecule has 0 saturated heterocycles. The number of thiophene rings is 1. The number of fused-ring (bicyclic) bond motifs is 1. The Kier molecular flexibility index (Phi) is 2.76. The van der Waals surface area contributed by atoms with Gasteiger partial charge >= 0.3 is 0 Å². The van der Waals surface area contributed by atoms with Gasteiger partial charge < -0.3 is 0 Å². The van der Waals surface area contributed by atoms with Crippen LogP contribution in [0, 0.1) is 0 Å². The smallest absolute Gasteiger partial charge is 0.211 e. The van der Waals surface area contributed by atoms with E-state index in [1.54, 1.807) is 6.08 Å². The molecule has 0 aromatic carbocycles. The van der Waals surface area contributed by atoms with Crippen molar-refractivity contribution in [2.45, 2.75) is 45.1 Å². The minimum absolute atomic E-state index is 0.399. The minimum Gasteiger partial charge on any atom is -0.211 e. The number of isocyanates is 1. The summed E-state index contributed by atoms with van der Waals surface area (Å²) in [6.45, 7) is 3.93. The van der Waals surface area contributed by atoms with Crippen LogP contribution >= 0.6 is 11.3 Å². The van der Waals surface area contributed by atoms with Crippen LogP contribution in [0.3, 0.4) is 0 Å². The standard InChI is InChI=1S/C12H15NOS/c1-12(2,13-8-14)11-7-9-5-3-4-6-10(9)15-11/h7H,3-6H2,1-2H3. The topological polar surface area (TPSA) is 29.4 Å². The summed E-state index contributed by atoms with van der Waals surface area (Å²) < 4.78 is 0. The molecule has 80 valence electrons. The molecule has 1 aromatic rings. The van der Waals surface area contributed by atoms with Crippen molar-refractivity contribution in [2.24, 2.45) is 4.99 Å². The Hall–Kier alpha value is -0.920. The molecular formula is C12H15NOS. The van der Waals surface area contributed by atoms with Crippen LogP contribution in [0.2, 0.25) is 0 Å². The Bertz CT molecular complexity index is 390. The van der Waals surface area contributed by atoms with E-state index < -0.39 is 5.54 Å². The second-order valence-corrected chi connectivity index (χ2v) is 5.67. The van der Waals surface area contributed by atoms with Gasteiger partial charge in [-0.3, -0.25) is 0 Å². The molecule has 0 N–H and O–H groups in total. The number of rotatable bonds is 2. The molecule has 0 spiro atoms. The zero-order valence-corrected chi connectivity index (χ0v) is 9.99. The van der Waals surface area contributed by atoms with Gasteiger partial charge in [-0.25, -0.2) is 4.79 Å². The normalized spacial score (nSPS) is 15.6. The summed E-state index contributed by atoms with van der Waals surface area (Å²) in [7, 11) is 0. The number of nitrogens with zero attached hydrogens (tertiary/aromatic N) is 1. The van der Waals surface area contributed by atoms with Crippen LogP contribution < -0.4 is 0 Å². The van der Waals surface area contributed by atoms with Crippen molar-refractivity contribution in [3.05, 3.63) is 21.4 Å². The van der Waals surface area contributed by atoms with E-state index >= 15 is 0 Å². The summed E-state index contributed by atoms with van der Waals surface area (Å²) >= 11 is 1.81. The molecule has 3 heteroatoms. The molecule has 0 radical (unpaired) electrons. The minimum atomic E-state index is -0.399. The molecule has 1 aliphatic rings. The summed E-state index contributed by atoms with van der Waals surface area (Å²) in [5.41, 5.74) is 1.07. The van der Waals surface area contributed by atoms with Gasteiger partial charge in [-0.15, -0.1) is 11.3 Å². The summed E-state index contributed by atoms with van der Waals surface area (Å²) in [5, 5.41) is 0. The van der Waals surface area contributed by atoms with Gasteiger partial charge in [0, 0.05) is 9.75 Å². The number of carbonyl (C=O) groups excluding carboxylic acids is 1. The maximum absolute atomic E-state index is 10.3. The highest BCUT2D eigenvalue weighted by atomic mass is 32.1. The van der Waals surface area contributed by atoms with Gasteiger partial charge in [0.2, 0.25) is 6.08 Å². The van der Waals surface area contributed by atoms with Crippen molar-refractivity contribution in [3.8, 4) is 0 Å². The first-order valence-corrected chi connectivity index (χ1v) is 6.16. The molecule has 0 aliphatic heterocycles. The average Bonchev–Trinajstić information content (AvgIpc) is 2.61. The molecule has 0 fully saturated rings. The van der Waals surface area contributed by atoms with E-state index in [0.717, 1.165) is 0 Å². The Morgan fingerprint density at radius 2 is 2.13 bits per heavy atom. The molecule has 0 unspecified atom stereocenters. The highest BCUT2D eigenvalue weighted by Crippen LogP contribution is 2.36. The van der Waals surface area contributed by atoms with Gasteiger partial charge in [0.05, 0.1) is 0 Å². The Morgan fingerprint density at radius 1 is 1.40 bits per heavy atom. The predicted octanol–water partition coefficient (Wildman–Crippen LogP) is 3.20. The maximum Gasteiger partial charge on any atom is 0.235 e.